The first-order valence-corrected chi connectivity index (χ1v) is 15.2. The van der Waals surface area contributed by atoms with Crippen LogP contribution < -0.4 is 14.5 Å². The van der Waals surface area contributed by atoms with E-state index in [1.807, 2.05) is 6.92 Å². The molecule has 1 atom stereocenters. The monoisotopic (exact) mass is 586 g/mol. The van der Waals surface area contributed by atoms with E-state index in [2.05, 4.69) is 50.5 Å². The van der Waals surface area contributed by atoms with Gasteiger partial charge in [-0.15, -0.1) is 10.2 Å². The van der Waals surface area contributed by atoms with Crippen molar-refractivity contribution in [3.05, 3.63) is 59.1 Å². The van der Waals surface area contributed by atoms with Crippen LogP contribution in [0.3, 0.4) is 0 Å². The van der Waals surface area contributed by atoms with Crippen molar-refractivity contribution in [2.24, 2.45) is 5.41 Å². The third kappa shape index (κ3) is 5.13. The molecule has 1 saturated carbocycles. The van der Waals surface area contributed by atoms with Crippen LogP contribution in [0.2, 0.25) is 0 Å². The summed E-state index contributed by atoms with van der Waals surface area (Å²) in [5.74, 6) is 1.74. The predicted octanol–water partition coefficient (Wildman–Crippen LogP) is 4.49. The van der Waals surface area contributed by atoms with Crippen molar-refractivity contribution >= 4 is 22.3 Å². The average molecular weight is 587 g/mol. The summed E-state index contributed by atoms with van der Waals surface area (Å²) >= 11 is 0. The van der Waals surface area contributed by atoms with Crippen LogP contribution in [-0.4, -0.2) is 75.1 Å². The molecule has 10 nitrogen and oxygen atoms in total. The fourth-order valence-electron chi connectivity index (χ4n) is 6.96. The van der Waals surface area contributed by atoms with Crippen LogP contribution in [0.25, 0.3) is 10.8 Å². The van der Waals surface area contributed by atoms with Gasteiger partial charge in [0.05, 0.1) is 31.4 Å². The Bertz CT molecular complexity index is 1680. The number of rotatable bonds is 8. The maximum atomic E-state index is 15.0. The van der Waals surface area contributed by atoms with Gasteiger partial charge in [-0.05, 0) is 69.8 Å². The second-order valence-electron chi connectivity index (χ2n) is 12.8. The van der Waals surface area contributed by atoms with Gasteiger partial charge in [0.1, 0.15) is 23.7 Å². The molecule has 2 aromatic heterocycles. The lowest BCUT2D eigenvalue weighted by molar-refractivity contribution is 0.182. The number of aromatic hydroxyl groups is 1. The van der Waals surface area contributed by atoms with Crippen LogP contribution in [0.4, 0.5) is 15.9 Å². The van der Waals surface area contributed by atoms with Gasteiger partial charge >= 0.3 is 6.01 Å². The van der Waals surface area contributed by atoms with Crippen molar-refractivity contribution in [2.75, 3.05) is 50.1 Å². The molecule has 3 aliphatic rings. The highest BCUT2D eigenvalue weighted by Gasteiger charge is 2.44. The lowest BCUT2D eigenvalue weighted by Crippen LogP contribution is -2.39. The number of aromatic nitrogens is 5. The maximum Gasteiger partial charge on any atom is 0.318 e. The summed E-state index contributed by atoms with van der Waals surface area (Å²) in [5.41, 5.74) is 3.63. The minimum Gasteiger partial charge on any atom is -0.508 e. The molecule has 0 radical (unpaired) electrons. The van der Waals surface area contributed by atoms with Crippen molar-refractivity contribution in [1.29, 1.82) is 0 Å². The van der Waals surface area contributed by atoms with E-state index in [-0.39, 0.29) is 23.0 Å². The molecule has 1 aliphatic carbocycles. The normalized spacial score (nSPS) is 19.1. The van der Waals surface area contributed by atoms with Gasteiger partial charge in [-0.3, -0.25) is 0 Å². The number of anilines is 2. The third-order valence-corrected chi connectivity index (χ3v) is 9.20. The predicted molar refractivity (Wildman–Crippen MR) is 163 cm³/mol. The number of phenolic OH excluding ortho intramolecular Hbond substituents is 1. The Kier molecular flexibility index (Phi) is 6.87. The zero-order valence-corrected chi connectivity index (χ0v) is 25.3. The molecule has 1 unspecified atom stereocenters. The molecule has 43 heavy (non-hydrogen) atoms. The van der Waals surface area contributed by atoms with E-state index in [0.29, 0.717) is 50.7 Å². The number of fused-ring (bicyclic) bond motifs is 3. The summed E-state index contributed by atoms with van der Waals surface area (Å²) in [6.07, 6.45) is 5.34. The molecular weight excluding hydrogens is 547 g/mol. The molecule has 0 saturated heterocycles. The summed E-state index contributed by atoms with van der Waals surface area (Å²) in [5, 5.41) is 20.8. The van der Waals surface area contributed by atoms with Gasteiger partial charge < -0.3 is 29.1 Å². The number of hydrogen-bond acceptors (Lipinski definition) is 9. The summed E-state index contributed by atoms with van der Waals surface area (Å²) in [4.78, 5) is 16.7. The molecule has 2 aliphatic heterocycles. The maximum absolute atomic E-state index is 15.0. The first-order chi connectivity index (χ1) is 20.7. The van der Waals surface area contributed by atoms with Crippen molar-refractivity contribution in [3.63, 3.8) is 0 Å². The van der Waals surface area contributed by atoms with Crippen LogP contribution in [0, 0.1) is 11.2 Å². The highest BCUT2D eigenvalue weighted by molar-refractivity contribution is 5.98. The number of hydrogen-bond donors (Lipinski definition) is 1. The standard InChI is InChI=1S/C32H39FN8O2/c1-5-23-25(33)7-6-21-12-22(42)13-27(29(21)23)39-11-8-24-26(15-39)35-31(43-18-32(9-10-32)17-38(3)4)36-30(24)40-14-20(2)41-19-34-37-28(41)16-40/h6-7,12-13,19-20,42H,5,8-11,14-18H2,1-4H3. The Labute approximate surface area is 251 Å². The summed E-state index contributed by atoms with van der Waals surface area (Å²) in [6, 6.07) is 7.28. The van der Waals surface area contributed by atoms with Gasteiger partial charge in [-0.2, -0.15) is 9.97 Å². The molecule has 0 bridgehead atoms. The number of aryl methyl sites for hydroxylation is 1. The number of nitrogens with zero attached hydrogens (tertiary/aromatic N) is 8. The lowest BCUT2D eigenvalue weighted by Gasteiger charge is -2.37. The lowest BCUT2D eigenvalue weighted by atomic mass is 9.97. The SMILES string of the molecule is CCc1c(F)ccc2cc(O)cc(N3CCc4c(nc(OCC5(CN(C)C)CC5)nc4N4Cc5nncn5C(C)C4)C3)c12. The van der Waals surface area contributed by atoms with Crippen LogP contribution in [0.15, 0.2) is 30.6 Å². The molecule has 11 heteroatoms. The van der Waals surface area contributed by atoms with Gasteiger partial charge in [0, 0.05) is 47.8 Å². The summed E-state index contributed by atoms with van der Waals surface area (Å²) < 4.78 is 23.5. The Morgan fingerprint density at radius 3 is 2.74 bits per heavy atom. The van der Waals surface area contributed by atoms with E-state index in [0.717, 1.165) is 65.3 Å². The Hall–Kier alpha value is -3.99. The van der Waals surface area contributed by atoms with Gasteiger partial charge in [0.15, 0.2) is 5.82 Å². The zero-order valence-electron chi connectivity index (χ0n) is 25.3. The van der Waals surface area contributed by atoms with Gasteiger partial charge in [0.25, 0.3) is 0 Å². The van der Waals surface area contributed by atoms with Crippen LogP contribution >= 0.6 is 0 Å². The largest absolute Gasteiger partial charge is 0.508 e. The second kappa shape index (κ2) is 10.6. The second-order valence-corrected chi connectivity index (χ2v) is 12.8. The van der Waals surface area contributed by atoms with Gasteiger partial charge in [0.2, 0.25) is 0 Å². The molecule has 0 spiro atoms. The van der Waals surface area contributed by atoms with E-state index < -0.39 is 0 Å². The van der Waals surface area contributed by atoms with Crippen LogP contribution in [0.5, 0.6) is 11.8 Å². The Morgan fingerprint density at radius 2 is 1.98 bits per heavy atom. The highest BCUT2D eigenvalue weighted by atomic mass is 19.1. The van der Waals surface area contributed by atoms with Crippen molar-refractivity contribution in [2.45, 2.75) is 58.7 Å². The molecule has 1 N–H and O–H groups in total. The first kappa shape index (κ1) is 27.8. The topological polar surface area (TPSA) is 95.7 Å². The van der Waals surface area contributed by atoms with Crippen molar-refractivity contribution < 1.29 is 14.2 Å². The average Bonchev–Trinajstić information content (AvgIpc) is 3.56. The Morgan fingerprint density at radius 1 is 1.14 bits per heavy atom. The van der Waals surface area contributed by atoms with E-state index in [1.165, 1.54) is 6.07 Å². The Balaban J connectivity index is 1.27. The zero-order chi connectivity index (χ0) is 29.9. The number of halogens is 1. The number of phenols is 1. The fourth-order valence-corrected chi connectivity index (χ4v) is 6.96. The van der Waals surface area contributed by atoms with E-state index >= 15 is 0 Å². The minimum absolute atomic E-state index is 0.145. The van der Waals surface area contributed by atoms with E-state index in [9.17, 15) is 9.50 Å². The molecule has 4 aromatic rings. The molecule has 2 aromatic carbocycles. The molecular formula is C32H39FN8O2. The first-order valence-electron chi connectivity index (χ1n) is 15.2. The molecule has 0 amide bonds. The number of ether oxygens (including phenoxy) is 1. The van der Waals surface area contributed by atoms with E-state index in [4.69, 9.17) is 14.7 Å². The summed E-state index contributed by atoms with van der Waals surface area (Å²) in [6.45, 7) is 8.26. The molecule has 1 fully saturated rings. The van der Waals surface area contributed by atoms with Crippen molar-refractivity contribution in [3.8, 4) is 11.8 Å². The molecule has 4 heterocycles. The smallest absolute Gasteiger partial charge is 0.318 e. The van der Waals surface area contributed by atoms with Gasteiger partial charge in [-0.1, -0.05) is 13.0 Å². The number of benzene rings is 2. The summed E-state index contributed by atoms with van der Waals surface area (Å²) in [7, 11) is 4.19. The molecule has 226 valence electrons. The van der Waals surface area contributed by atoms with Crippen LogP contribution in [-0.2, 0) is 25.9 Å². The fraction of sp³-hybridized carbons (Fsp3) is 0.500. The third-order valence-electron chi connectivity index (χ3n) is 9.20. The van der Waals surface area contributed by atoms with Gasteiger partial charge in [-0.25, -0.2) is 4.39 Å². The highest BCUT2D eigenvalue weighted by Crippen LogP contribution is 2.46. The minimum atomic E-state index is -0.224. The van der Waals surface area contributed by atoms with Crippen LogP contribution in [0.1, 0.15) is 55.4 Å². The van der Waals surface area contributed by atoms with Crippen molar-refractivity contribution in [1.82, 2.24) is 29.6 Å². The quantitative estimate of drug-likeness (QED) is 0.320. The van der Waals surface area contributed by atoms with E-state index in [1.54, 1.807) is 24.5 Å². The molecule has 7 rings (SSSR count).